The Hall–Kier alpha value is 0.715. The van der Waals surface area contributed by atoms with Crippen LogP contribution < -0.4 is 0 Å². The predicted octanol–water partition coefficient (Wildman–Crippen LogP) is 1.23. The molecular weight excluding hydrogens is 218 g/mol. The Morgan fingerprint density at radius 2 is 2.38 bits per heavy atom. The van der Waals surface area contributed by atoms with Gasteiger partial charge in [-0.3, -0.25) is 3.07 Å². The molecule has 0 fully saturated rings. The number of rotatable bonds is 4. The average molecular weight is 228 g/mol. The normalized spacial score (nSPS) is 13.4. The van der Waals surface area contributed by atoms with Crippen molar-refractivity contribution in [2.24, 2.45) is 0 Å². The molecule has 1 atom stereocenters. The number of hydrogen-bond acceptors (Lipinski definition) is 2. The fraction of sp³-hybridized carbons (Fsp3) is 1.00. The van der Waals surface area contributed by atoms with E-state index >= 15 is 0 Å². The Morgan fingerprint density at radius 1 is 1.75 bits per heavy atom. The molecule has 4 heteroatoms. The maximum Gasteiger partial charge on any atom is 0.161 e. The first kappa shape index (κ1) is 8.71. The minimum absolute atomic E-state index is 0.0133. The maximum atomic E-state index is 4.91. The van der Waals surface area contributed by atoms with Crippen LogP contribution in [0.5, 0.6) is 0 Å². The highest BCUT2D eigenvalue weighted by atomic mass is 127. The molecule has 0 aliphatic heterocycles. The fourth-order valence-electron chi connectivity index (χ4n) is 0.434. The molecule has 0 N–H and O–H groups in total. The zero-order chi connectivity index (χ0) is 6.41. The Morgan fingerprint density at radius 3 is 2.50 bits per heavy atom. The Bertz CT molecular complexity index is 49.3. The lowest BCUT2D eigenvalue weighted by Crippen LogP contribution is -2.10. The van der Waals surface area contributed by atoms with Crippen molar-refractivity contribution in [3.8, 4) is 0 Å². The van der Waals surface area contributed by atoms with Crippen LogP contribution in [0, 0.1) is 0 Å². The summed E-state index contributed by atoms with van der Waals surface area (Å²) in [5, 5.41) is 0. The highest BCUT2D eigenvalue weighted by Crippen LogP contribution is 2.03. The van der Waals surface area contributed by atoms with Gasteiger partial charge < -0.3 is 4.74 Å². The molecule has 0 heterocycles. The monoisotopic (exact) mass is 228 g/mol. The summed E-state index contributed by atoms with van der Waals surface area (Å²) >= 11 is 1.85. The lowest BCUT2D eigenvalue weighted by Gasteiger charge is -2.07. The van der Waals surface area contributed by atoms with Crippen LogP contribution >= 0.6 is 23.0 Å². The molecule has 0 aromatic carbocycles. The quantitative estimate of drug-likeness (QED) is 0.409. The first-order valence-corrected chi connectivity index (χ1v) is 3.53. The van der Waals surface area contributed by atoms with E-state index in [-0.39, 0.29) is 6.29 Å². The Balaban J connectivity index is 3.07. The van der Waals surface area contributed by atoms with Gasteiger partial charge in [-0.2, -0.15) is 0 Å². The van der Waals surface area contributed by atoms with Gasteiger partial charge in [-0.1, -0.05) is 6.82 Å². The topological polar surface area (TPSA) is 18.5 Å². The summed E-state index contributed by atoms with van der Waals surface area (Å²) < 4.78 is 9.80. The molecule has 2 nitrogen and oxygen atoms in total. The molecule has 0 saturated carbocycles. The molecule has 0 aliphatic carbocycles. The molecule has 0 saturated heterocycles. The van der Waals surface area contributed by atoms with Crippen molar-refractivity contribution >= 4 is 30.3 Å². The van der Waals surface area contributed by atoms with Gasteiger partial charge in [0, 0.05) is 7.11 Å². The van der Waals surface area contributed by atoms with E-state index in [9.17, 15) is 0 Å². The Kier molecular flexibility index (Phi) is 6.37. The van der Waals surface area contributed by atoms with Crippen LogP contribution in [0.1, 0.15) is 0 Å². The van der Waals surface area contributed by atoms with E-state index in [2.05, 4.69) is 6.82 Å². The Labute approximate surface area is 64.9 Å². The first-order chi connectivity index (χ1) is 3.85. The standard InChI is InChI=1S/C4H10BIO2/c1-5-3-4(7-2)8-6/h4-5H,3H2,1-2H3. The third-order valence-electron chi connectivity index (χ3n) is 0.887. The van der Waals surface area contributed by atoms with Crippen LogP contribution in [0.3, 0.4) is 0 Å². The van der Waals surface area contributed by atoms with Crippen LogP contribution in [0.4, 0.5) is 0 Å². The lowest BCUT2D eigenvalue weighted by molar-refractivity contribution is -0.00836. The van der Waals surface area contributed by atoms with Gasteiger partial charge in [0.15, 0.2) is 6.29 Å². The summed E-state index contributed by atoms with van der Waals surface area (Å²) in [6.07, 6.45) is 0.958. The van der Waals surface area contributed by atoms with Crippen molar-refractivity contribution in [2.45, 2.75) is 19.4 Å². The number of halogens is 1. The summed E-state index contributed by atoms with van der Waals surface area (Å²) in [7, 11) is 2.75. The van der Waals surface area contributed by atoms with E-state index in [0.29, 0.717) is 0 Å². The van der Waals surface area contributed by atoms with E-state index in [1.807, 2.05) is 23.0 Å². The molecular formula is C4H10BIO2. The molecule has 0 aromatic rings. The highest BCUT2D eigenvalue weighted by molar-refractivity contribution is 14.1. The van der Waals surface area contributed by atoms with Gasteiger partial charge in [0.2, 0.25) is 0 Å². The molecule has 0 amide bonds. The van der Waals surface area contributed by atoms with Gasteiger partial charge in [-0.15, -0.1) is 0 Å². The van der Waals surface area contributed by atoms with E-state index in [1.54, 1.807) is 7.11 Å². The van der Waals surface area contributed by atoms with Gasteiger partial charge in [0.05, 0.1) is 0 Å². The fourth-order valence-corrected chi connectivity index (χ4v) is 0.896. The summed E-state index contributed by atoms with van der Waals surface area (Å²) in [5.74, 6) is 0. The lowest BCUT2D eigenvalue weighted by atomic mass is 9.78. The summed E-state index contributed by atoms with van der Waals surface area (Å²) in [4.78, 5) is 0. The molecule has 0 aromatic heterocycles. The smallest absolute Gasteiger partial charge is 0.161 e. The van der Waals surface area contributed by atoms with Gasteiger partial charge >= 0.3 is 0 Å². The minimum atomic E-state index is -0.0133. The molecule has 0 bridgehead atoms. The SMILES string of the molecule is CBCC(OC)OI. The van der Waals surface area contributed by atoms with Crippen LogP contribution in [0.15, 0.2) is 0 Å². The molecule has 48 valence electrons. The highest BCUT2D eigenvalue weighted by Gasteiger charge is 2.02. The van der Waals surface area contributed by atoms with E-state index in [1.165, 1.54) is 0 Å². The molecule has 8 heavy (non-hydrogen) atoms. The zero-order valence-electron chi connectivity index (χ0n) is 5.19. The van der Waals surface area contributed by atoms with Crippen LogP contribution in [0.2, 0.25) is 13.1 Å². The van der Waals surface area contributed by atoms with Crippen molar-refractivity contribution < 1.29 is 7.80 Å². The number of ether oxygens (including phenoxy) is 1. The molecule has 0 spiro atoms. The van der Waals surface area contributed by atoms with Gasteiger partial charge in [0.1, 0.15) is 30.3 Å². The van der Waals surface area contributed by atoms with Crippen molar-refractivity contribution in [3.05, 3.63) is 0 Å². The van der Waals surface area contributed by atoms with E-state index < -0.39 is 0 Å². The van der Waals surface area contributed by atoms with E-state index in [4.69, 9.17) is 7.80 Å². The van der Waals surface area contributed by atoms with E-state index in [0.717, 1.165) is 13.6 Å². The van der Waals surface area contributed by atoms with Gasteiger partial charge in [-0.05, 0) is 6.32 Å². The number of methoxy groups -OCH3 is 1. The third-order valence-corrected chi connectivity index (χ3v) is 1.45. The summed E-state index contributed by atoms with van der Waals surface area (Å²) in [5.41, 5.74) is 0. The van der Waals surface area contributed by atoms with Crippen molar-refractivity contribution in [2.75, 3.05) is 7.11 Å². The maximum absolute atomic E-state index is 4.91. The van der Waals surface area contributed by atoms with Crippen LogP contribution in [-0.4, -0.2) is 20.7 Å². The second kappa shape index (κ2) is 5.84. The average Bonchev–Trinajstić information content (AvgIpc) is 1.83. The second-order valence-electron chi connectivity index (χ2n) is 1.54. The largest absolute Gasteiger partial charge is 0.356 e. The molecule has 0 rings (SSSR count). The predicted molar refractivity (Wildman–Crippen MR) is 43.7 cm³/mol. The summed E-state index contributed by atoms with van der Waals surface area (Å²) in [6.45, 7) is 2.10. The third kappa shape index (κ3) is 3.68. The number of hydrogen-bond donors (Lipinski definition) is 0. The van der Waals surface area contributed by atoms with Crippen LogP contribution in [-0.2, 0) is 7.80 Å². The van der Waals surface area contributed by atoms with Gasteiger partial charge in [-0.25, -0.2) is 0 Å². The first-order valence-electron chi connectivity index (χ1n) is 2.65. The van der Waals surface area contributed by atoms with Crippen molar-refractivity contribution in [3.63, 3.8) is 0 Å². The van der Waals surface area contributed by atoms with Crippen molar-refractivity contribution in [1.29, 1.82) is 0 Å². The van der Waals surface area contributed by atoms with Crippen LogP contribution in [0.25, 0.3) is 0 Å². The van der Waals surface area contributed by atoms with Gasteiger partial charge in [0.25, 0.3) is 0 Å². The van der Waals surface area contributed by atoms with Crippen molar-refractivity contribution in [1.82, 2.24) is 0 Å². The molecule has 0 aliphatic rings. The zero-order valence-corrected chi connectivity index (χ0v) is 7.34. The summed E-state index contributed by atoms with van der Waals surface area (Å²) in [6, 6.07) is 0. The second-order valence-corrected chi connectivity index (χ2v) is 2.05. The minimum Gasteiger partial charge on any atom is -0.356 e. The molecule has 0 radical (unpaired) electrons. The molecule has 1 unspecified atom stereocenters.